The first-order valence-electron chi connectivity index (χ1n) is 7.51. The molecule has 0 aliphatic heterocycles. The lowest BCUT2D eigenvalue weighted by molar-refractivity contribution is 0.0983. The highest BCUT2D eigenvalue weighted by Gasteiger charge is 2.07. The zero-order valence-corrected chi connectivity index (χ0v) is 12.8. The van der Waals surface area contributed by atoms with E-state index in [0.717, 1.165) is 24.2 Å². The van der Waals surface area contributed by atoms with Crippen molar-refractivity contribution in [2.75, 3.05) is 6.61 Å². The number of hydrogen-bond donors (Lipinski definition) is 0. The predicted molar refractivity (Wildman–Crippen MR) is 86.1 cm³/mol. The van der Waals surface area contributed by atoms with Gasteiger partial charge in [-0.3, -0.25) is 4.79 Å². The molecule has 0 bridgehead atoms. The Labute approximate surface area is 126 Å². The van der Waals surface area contributed by atoms with Gasteiger partial charge in [0.05, 0.1) is 6.61 Å². The maximum atomic E-state index is 12.2. The normalized spacial score (nSPS) is 10.4. The fourth-order valence-electron chi connectivity index (χ4n) is 2.24. The molecule has 0 aliphatic carbocycles. The van der Waals surface area contributed by atoms with E-state index in [-0.39, 0.29) is 5.78 Å². The minimum absolute atomic E-state index is 0.181. The van der Waals surface area contributed by atoms with Crippen LogP contribution in [0.4, 0.5) is 0 Å². The van der Waals surface area contributed by atoms with Crippen molar-refractivity contribution in [2.24, 2.45) is 0 Å². The first kappa shape index (κ1) is 15.3. The van der Waals surface area contributed by atoms with E-state index in [1.165, 1.54) is 11.1 Å². The van der Waals surface area contributed by atoms with Crippen LogP contribution in [-0.2, 0) is 6.42 Å². The molecule has 0 aromatic heterocycles. The summed E-state index contributed by atoms with van der Waals surface area (Å²) in [6, 6.07) is 15.7. The monoisotopic (exact) mass is 282 g/mol. The summed E-state index contributed by atoms with van der Waals surface area (Å²) in [7, 11) is 0. The van der Waals surface area contributed by atoms with E-state index in [9.17, 15) is 4.79 Å². The van der Waals surface area contributed by atoms with Gasteiger partial charge in [0.25, 0.3) is 0 Å². The van der Waals surface area contributed by atoms with Crippen molar-refractivity contribution in [2.45, 2.75) is 33.1 Å². The third kappa shape index (κ3) is 4.45. The molecule has 110 valence electrons. The third-order valence-electron chi connectivity index (χ3n) is 3.53. The summed E-state index contributed by atoms with van der Waals surface area (Å²) in [5.74, 6) is 1.01. The number of ether oxygens (including phenoxy) is 1. The van der Waals surface area contributed by atoms with Gasteiger partial charge < -0.3 is 4.74 Å². The second-order valence-electron chi connectivity index (χ2n) is 5.22. The predicted octanol–water partition coefficient (Wildman–Crippen LogP) is 4.60. The van der Waals surface area contributed by atoms with Crippen LogP contribution in [0.1, 0.15) is 41.3 Å². The molecule has 0 radical (unpaired) electrons. The van der Waals surface area contributed by atoms with Gasteiger partial charge in [-0.2, -0.15) is 0 Å². The van der Waals surface area contributed by atoms with E-state index < -0.39 is 0 Å². The molecule has 0 saturated carbocycles. The molecule has 0 atom stereocenters. The molecule has 2 nitrogen and oxygen atoms in total. The molecule has 0 aliphatic rings. The molecule has 0 N–H and O–H groups in total. The Morgan fingerprint density at radius 2 is 1.76 bits per heavy atom. The molecule has 0 unspecified atom stereocenters. The Kier molecular flexibility index (Phi) is 5.56. The number of carbonyl (C=O) groups excluding carboxylic acids is 1. The lowest BCUT2D eigenvalue weighted by Crippen LogP contribution is -2.02. The Bertz CT molecular complexity index is 585. The van der Waals surface area contributed by atoms with Gasteiger partial charge in [-0.25, -0.2) is 0 Å². The van der Waals surface area contributed by atoms with Crippen molar-refractivity contribution in [3.8, 4) is 5.75 Å². The lowest BCUT2D eigenvalue weighted by atomic mass is 10.00. The van der Waals surface area contributed by atoms with Crippen molar-refractivity contribution >= 4 is 5.78 Å². The maximum absolute atomic E-state index is 12.2. The Morgan fingerprint density at radius 1 is 1.05 bits per heavy atom. The number of Topliss-reactive ketones (excluding diaryl/α,β-unsaturated/α-hetero) is 1. The third-order valence-corrected chi connectivity index (χ3v) is 3.53. The second kappa shape index (κ2) is 7.63. The highest BCUT2D eigenvalue weighted by Crippen LogP contribution is 2.16. The highest BCUT2D eigenvalue weighted by atomic mass is 16.5. The van der Waals surface area contributed by atoms with Crippen LogP contribution in [0.5, 0.6) is 5.75 Å². The molecule has 0 heterocycles. The van der Waals surface area contributed by atoms with Crippen molar-refractivity contribution in [3.63, 3.8) is 0 Å². The van der Waals surface area contributed by atoms with Crippen molar-refractivity contribution in [3.05, 3.63) is 65.2 Å². The summed E-state index contributed by atoms with van der Waals surface area (Å²) in [4.78, 5) is 12.2. The van der Waals surface area contributed by atoms with Gasteiger partial charge in [0.1, 0.15) is 5.75 Å². The van der Waals surface area contributed by atoms with Crippen molar-refractivity contribution < 1.29 is 9.53 Å². The minimum atomic E-state index is 0.181. The largest absolute Gasteiger partial charge is 0.494 e. The fourth-order valence-corrected chi connectivity index (χ4v) is 2.24. The fraction of sp³-hybridized carbons (Fsp3) is 0.316. The van der Waals surface area contributed by atoms with Crippen LogP contribution < -0.4 is 4.74 Å². The number of aryl methyl sites for hydroxylation is 2. The smallest absolute Gasteiger partial charge is 0.163 e. The van der Waals surface area contributed by atoms with Gasteiger partial charge in [0, 0.05) is 12.0 Å². The lowest BCUT2D eigenvalue weighted by Gasteiger charge is -2.07. The first-order valence-corrected chi connectivity index (χ1v) is 7.51. The summed E-state index contributed by atoms with van der Waals surface area (Å²) < 4.78 is 5.52. The molecule has 0 saturated heterocycles. The van der Waals surface area contributed by atoms with E-state index >= 15 is 0 Å². The maximum Gasteiger partial charge on any atom is 0.163 e. The zero-order valence-electron chi connectivity index (χ0n) is 12.8. The SMILES string of the molecule is CCCOc1ccc(C(=O)CCc2ccccc2C)cc1. The number of hydrogen-bond acceptors (Lipinski definition) is 2. The zero-order chi connectivity index (χ0) is 15.1. The van der Waals surface area contributed by atoms with E-state index in [4.69, 9.17) is 4.74 Å². The van der Waals surface area contributed by atoms with Crippen molar-refractivity contribution in [1.29, 1.82) is 0 Å². The average molecular weight is 282 g/mol. The van der Waals surface area contributed by atoms with Crippen LogP contribution in [0.2, 0.25) is 0 Å². The summed E-state index contributed by atoms with van der Waals surface area (Å²) in [6.07, 6.45) is 2.32. The first-order chi connectivity index (χ1) is 10.2. The van der Waals surface area contributed by atoms with Crippen LogP contribution in [0.15, 0.2) is 48.5 Å². The van der Waals surface area contributed by atoms with E-state index in [1.54, 1.807) is 0 Å². The highest BCUT2D eigenvalue weighted by molar-refractivity contribution is 5.96. The molecule has 2 rings (SSSR count). The van der Waals surface area contributed by atoms with Gasteiger partial charge >= 0.3 is 0 Å². The van der Waals surface area contributed by atoms with Gasteiger partial charge in [-0.05, 0) is 55.2 Å². The Balaban J connectivity index is 1.93. The van der Waals surface area contributed by atoms with Gasteiger partial charge in [-0.1, -0.05) is 31.2 Å². The minimum Gasteiger partial charge on any atom is -0.494 e. The molecular formula is C19H22O2. The van der Waals surface area contributed by atoms with Gasteiger partial charge in [-0.15, -0.1) is 0 Å². The molecule has 21 heavy (non-hydrogen) atoms. The summed E-state index contributed by atoms with van der Waals surface area (Å²) in [5.41, 5.74) is 3.25. The van der Waals surface area contributed by atoms with Crippen LogP contribution >= 0.6 is 0 Å². The molecule has 2 aromatic carbocycles. The average Bonchev–Trinajstić information content (AvgIpc) is 2.52. The second-order valence-corrected chi connectivity index (χ2v) is 5.22. The Morgan fingerprint density at radius 3 is 2.43 bits per heavy atom. The number of ketones is 1. The van der Waals surface area contributed by atoms with Crippen LogP contribution in [0.25, 0.3) is 0 Å². The Hall–Kier alpha value is -2.09. The number of benzene rings is 2. The number of carbonyl (C=O) groups is 1. The van der Waals surface area contributed by atoms with Crippen LogP contribution in [0.3, 0.4) is 0 Å². The van der Waals surface area contributed by atoms with Gasteiger partial charge in [0.15, 0.2) is 5.78 Å². The quantitative estimate of drug-likeness (QED) is 0.694. The number of rotatable bonds is 7. The molecule has 2 heteroatoms. The van der Waals surface area contributed by atoms with E-state index in [1.807, 2.05) is 36.4 Å². The summed E-state index contributed by atoms with van der Waals surface area (Å²) >= 11 is 0. The van der Waals surface area contributed by atoms with E-state index in [2.05, 4.69) is 26.0 Å². The van der Waals surface area contributed by atoms with Crippen LogP contribution in [-0.4, -0.2) is 12.4 Å². The molecule has 2 aromatic rings. The molecule has 0 fully saturated rings. The molecular weight excluding hydrogens is 260 g/mol. The van der Waals surface area contributed by atoms with Crippen LogP contribution in [0, 0.1) is 6.92 Å². The topological polar surface area (TPSA) is 26.3 Å². The standard InChI is InChI=1S/C19H22O2/c1-3-14-21-18-11-8-17(9-12-18)19(20)13-10-16-7-5-4-6-15(16)2/h4-9,11-12H,3,10,13-14H2,1-2H3. The molecule has 0 amide bonds. The van der Waals surface area contributed by atoms with Gasteiger partial charge in [0.2, 0.25) is 0 Å². The summed E-state index contributed by atoms with van der Waals surface area (Å²) in [5, 5.41) is 0. The van der Waals surface area contributed by atoms with E-state index in [0.29, 0.717) is 13.0 Å². The van der Waals surface area contributed by atoms with Crippen molar-refractivity contribution in [1.82, 2.24) is 0 Å². The molecule has 0 spiro atoms. The summed E-state index contributed by atoms with van der Waals surface area (Å²) in [6.45, 7) is 4.86.